The number of nitrogens with one attached hydrogen (secondary N) is 1. The first-order valence-corrected chi connectivity index (χ1v) is 10.9. The number of hydrogen-bond acceptors (Lipinski definition) is 4. The Kier molecular flexibility index (Phi) is 6.05. The van der Waals surface area contributed by atoms with Crippen LogP contribution in [0.25, 0.3) is 10.9 Å². The van der Waals surface area contributed by atoms with Crippen LogP contribution < -0.4 is 10.2 Å². The molecule has 0 bridgehead atoms. The minimum atomic E-state index is -2.77. The first kappa shape index (κ1) is 23.0. The van der Waals surface area contributed by atoms with E-state index in [1.54, 1.807) is 49.1 Å². The Morgan fingerprint density at radius 3 is 2.67 bits per heavy atom. The number of fused-ring (bicyclic) bond motifs is 1. The SMILES string of the molecule is CC(C)(O)c1cccc(NC(=O)c2cc3ccc(F)cc3nc2N2CCCC(F)(F)CC2)c1. The Balaban J connectivity index is 1.73. The number of aromatic nitrogens is 1. The first-order chi connectivity index (χ1) is 15.5. The Morgan fingerprint density at radius 2 is 1.91 bits per heavy atom. The number of hydrogen-bond donors (Lipinski definition) is 2. The lowest BCUT2D eigenvalue weighted by molar-refractivity contribution is -0.0102. The van der Waals surface area contributed by atoms with Crippen LogP contribution in [0.15, 0.2) is 48.5 Å². The van der Waals surface area contributed by atoms with Crippen molar-refractivity contribution in [2.24, 2.45) is 0 Å². The number of alkyl halides is 2. The van der Waals surface area contributed by atoms with Crippen molar-refractivity contribution in [1.82, 2.24) is 4.98 Å². The van der Waals surface area contributed by atoms with Gasteiger partial charge in [-0.1, -0.05) is 12.1 Å². The fraction of sp³-hybridized carbons (Fsp3) is 0.360. The number of nitrogens with zero attached hydrogens (tertiary/aromatic N) is 2. The molecule has 4 rings (SSSR count). The second-order valence-corrected chi connectivity index (χ2v) is 8.99. The van der Waals surface area contributed by atoms with Gasteiger partial charge in [0, 0.05) is 43.1 Å². The lowest BCUT2D eigenvalue weighted by Crippen LogP contribution is -2.29. The summed E-state index contributed by atoms with van der Waals surface area (Å²) < 4.78 is 41.7. The van der Waals surface area contributed by atoms with Gasteiger partial charge in [-0.25, -0.2) is 18.2 Å². The van der Waals surface area contributed by atoms with Crippen LogP contribution in [-0.4, -0.2) is 35.0 Å². The standard InChI is InChI=1S/C25H26F3N3O2/c1-24(2,33)17-5-3-6-19(14-17)29-23(32)20-13-16-7-8-18(26)15-21(16)30-22(20)31-11-4-9-25(27,28)10-12-31/h3,5-8,13-15,33H,4,9-12H2,1-2H3,(H,29,32). The minimum Gasteiger partial charge on any atom is -0.386 e. The normalized spacial score (nSPS) is 16.5. The third-order valence-corrected chi connectivity index (χ3v) is 5.85. The van der Waals surface area contributed by atoms with Crippen LogP contribution in [0.2, 0.25) is 0 Å². The highest BCUT2D eigenvalue weighted by Crippen LogP contribution is 2.32. The molecule has 8 heteroatoms. The van der Waals surface area contributed by atoms with Gasteiger partial charge in [-0.3, -0.25) is 4.79 Å². The summed E-state index contributed by atoms with van der Waals surface area (Å²) in [6, 6.07) is 12.5. The third kappa shape index (κ3) is 5.27. The Bertz CT molecular complexity index is 1190. The summed E-state index contributed by atoms with van der Waals surface area (Å²) >= 11 is 0. The zero-order valence-corrected chi connectivity index (χ0v) is 18.5. The van der Waals surface area contributed by atoms with Crippen LogP contribution in [0, 0.1) is 5.82 Å². The molecule has 0 saturated carbocycles. The van der Waals surface area contributed by atoms with Crippen molar-refractivity contribution in [3.05, 3.63) is 65.5 Å². The summed E-state index contributed by atoms with van der Waals surface area (Å²) in [5, 5.41) is 13.7. The maximum absolute atomic E-state index is 13.9. The second kappa shape index (κ2) is 8.67. The quantitative estimate of drug-likeness (QED) is 0.545. The molecule has 174 valence electrons. The molecule has 0 unspecified atom stereocenters. The summed E-state index contributed by atoms with van der Waals surface area (Å²) in [7, 11) is 0. The topological polar surface area (TPSA) is 65.5 Å². The summed E-state index contributed by atoms with van der Waals surface area (Å²) in [5.41, 5.74) is 0.585. The van der Waals surface area contributed by atoms with Crippen molar-refractivity contribution in [2.75, 3.05) is 23.3 Å². The van der Waals surface area contributed by atoms with Crippen LogP contribution in [0.3, 0.4) is 0 Å². The van der Waals surface area contributed by atoms with E-state index >= 15 is 0 Å². The first-order valence-electron chi connectivity index (χ1n) is 10.9. The van der Waals surface area contributed by atoms with E-state index in [0.717, 1.165) is 0 Å². The van der Waals surface area contributed by atoms with E-state index in [1.165, 1.54) is 18.2 Å². The van der Waals surface area contributed by atoms with Crippen LogP contribution in [0.1, 0.15) is 49.0 Å². The highest BCUT2D eigenvalue weighted by molar-refractivity contribution is 6.09. The Labute approximate surface area is 190 Å². The van der Waals surface area contributed by atoms with E-state index in [9.17, 15) is 23.1 Å². The lowest BCUT2D eigenvalue weighted by atomic mass is 9.98. The van der Waals surface area contributed by atoms with Gasteiger partial charge in [0.2, 0.25) is 5.92 Å². The monoisotopic (exact) mass is 457 g/mol. The van der Waals surface area contributed by atoms with Gasteiger partial charge >= 0.3 is 0 Å². The van der Waals surface area contributed by atoms with Crippen molar-refractivity contribution in [1.29, 1.82) is 0 Å². The maximum atomic E-state index is 13.9. The number of rotatable bonds is 4. The predicted octanol–water partition coefficient (Wildman–Crippen LogP) is 5.48. The summed E-state index contributed by atoms with van der Waals surface area (Å²) in [5.74, 6) is -3.45. The summed E-state index contributed by atoms with van der Waals surface area (Å²) in [4.78, 5) is 19.5. The van der Waals surface area contributed by atoms with Crippen molar-refractivity contribution in [3.8, 4) is 0 Å². The molecule has 2 N–H and O–H groups in total. The van der Waals surface area contributed by atoms with Crippen LogP contribution in [0.4, 0.5) is 24.7 Å². The molecule has 1 aliphatic rings. The fourth-order valence-corrected chi connectivity index (χ4v) is 3.99. The van der Waals surface area contributed by atoms with Gasteiger partial charge < -0.3 is 15.3 Å². The third-order valence-electron chi connectivity index (χ3n) is 5.85. The molecular weight excluding hydrogens is 431 g/mol. The van der Waals surface area contributed by atoms with E-state index in [-0.39, 0.29) is 37.2 Å². The number of carbonyl (C=O) groups is 1. The van der Waals surface area contributed by atoms with E-state index in [0.29, 0.717) is 28.7 Å². The second-order valence-electron chi connectivity index (χ2n) is 8.99. The number of carbonyl (C=O) groups excluding carboxylic acids is 1. The largest absolute Gasteiger partial charge is 0.386 e. The number of aliphatic hydroxyl groups is 1. The predicted molar refractivity (Wildman–Crippen MR) is 122 cm³/mol. The smallest absolute Gasteiger partial charge is 0.259 e. The summed E-state index contributed by atoms with van der Waals surface area (Å²) in [6.45, 7) is 3.65. The van der Waals surface area contributed by atoms with Crippen LogP contribution in [-0.2, 0) is 5.60 Å². The number of amides is 1. The van der Waals surface area contributed by atoms with Gasteiger partial charge in [0.05, 0.1) is 16.7 Å². The molecule has 0 radical (unpaired) electrons. The zero-order valence-electron chi connectivity index (χ0n) is 18.5. The molecule has 1 saturated heterocycles. The van der Waals surface area contributed by atoms with Crippen molar-refractivity contribution in [2.45, 2.75) is 44.6 Å². The molecule has 1 amide bonds. The number of benzene rings is 2. The maximum Gasteiger partial charge on any atom is 0.259 e. The van der Waals surface area contributed by atoms with Crippen molar-refractivity contribution < 1.29 is 23.1 Å². The van der Waals surface area contributed by atoms with Gasteiger partial charge in [-0.15, -0.1) is 0 Å². The average Bonchev–Trinajstić information content (AvgIpc) is 2.92. The lowest BCUT2D eigenvalue weighted by Gasteiger charge is -2.25. The Hall–Kier alpha value is -3.13. The minimum absolute atomic E-state index is 0.0370. The highest BCUT2D eigenvalue weighted by atomic mass is 19.3. The molecular formula is C25H26F3N3O2. The molecule has 33 heavy (non-hydrogen) atoms. The van der Waals surface area contributed by atoms with Crippen LogP contribution >= 0.6 is 0 Å². The zero-order chi connectivity index (χ0) is 23.8. The highest BCUT2D eigenvalue weighted by Gasteiger charge is 2.33. The Morgan fingerprint density at radius 1 is 1.12 bits per heavy atom. The molecule has 1 aliphatic heterocycles. The number of halogens is 3. The molecule has 0 atom stereocenters. The van der Waals surface area contributed by atoms with Gasteiger partial charge in [-0.05, 0) is 56.2 Å². The average molecular weight is 457 g/mol. The molecule has 0 spiro atoms. The van der Waals surface area contributed by atoms with Gasteiger partial charge in [0.1, 0.15) is 11.6 Å². The van der Waals surface area contributed by atoms with Gasteiger partial charge in [0.25, 0.3) is 5.91 Å². The van der Waals surface area contributed by atoms with E-state index in [1.807, 2.05) is 0 Å². The van der Waals surface area contributed by atoms with E-state index in [4.69, 9.17) is 0 Å². The fourth-order valence-electron chi connectivity index (χ4n) is 3.99. The van der Waals surface area contributed by atoms with Gasteiger partial charge in [-0.2, -0.15) is 0 Å². The molecule has 1 fully saturated rings. The van der Waals surface area contributed by atoms with Gasteiger partial charge in [0.15, 0.2) is 0 Å². The molecule has 2 heterocycles. The van der Waals surface area contributed by atoms with Crippen LogP contribution in [0.5, 0.6) is 0 Å². The molecule has 3 aromatic rings. The van der Waals surface area contributed by atoms with Crippen molar-refractivity contribution >= 4 is 28.3 Å². The van der Waals surface area contributed by atoms with E-state index in [2.05, 4.69) is 10.3 Å². The van der Waals surface area contributed by atoms with E-state index < -0.39 is 23.2 Å². The number of pyridine rings is 1. The van der Waals surface area contributed by atoms with Crippen molar-refractivity contribution in [3.63, 3.8) is 0 Å². The molecule has 2 aromatic carbocycles. The molecule has 5 nitrogen and oxygen atoms in total. The number of anilines is 2. The molecule has 1 aromatic heterocycles. The summed E-state index contributed by atoms with van der Waals surface area (Å²) in [6.07, 6.45) is -0.313. The molecule has 0 aliphatic carbocycles.